The summed E-state index contributed by atoms with van der Waals surface area (Å²) in [6, 6.07) is 0. The lowest BCUT2D eigenvalue weighted by atomic mass is 9.59. The van der Waals surface area contributed by atoms with Crippen molar-refractivity contribution in [2.45, 2.75) is 66.2 Å². The fourth-order valence-electron chi connectivity index (χ4n) is 4.82. The van der Waals surface area contributed by atoms with Gasteiger partial charge in [0.15, 0.2) is 0 Å². The summed E-state index contributed by atoms with van der Waals surface area (Å²) in [5, 5.41) is 0. The van der Waals surface area contributed by atoms with E-state index in [2.05, 4.69) is 27.7 Å². The molecule has 0 heteroatoms. The van der Waals surface area contributed by atoms with Crippen LogP contribution in [0.1, 0.15) is 66.2 Å². The number of hydrogen-bond acceptors (Lipinski definition) is 0. The van der Waals surface area contributed by atoms with Crippen molar-refractivity contribution in [2.24, 2.45) is 23.7 Å². The summed E-state index contributed by atoms with van der Waals surface area (Å²) >= 11 is 0. The summed E-state index contributed by atoms with van der Waals surface area (Å²) in [5.41, 5.74) is 6.81. The van der Waals surface area contributed by atoms with Crippen molar-refractivity contribution >= 4 is 0 Å². The second-order valence-corrected chi connectivity index (χ2v) is 7.45. The molecule has 100 valence electrons. The standard InChI is InChI=1S/C18H28/c1-11-5-15-9-17-7-13(3)14(4)8-18(17)10-16(15)6-12(11)2/h15-18H,5-10H2,1-4H3/t15-,16-,17+,18+. The Morgan fingerprint density at radius 2 is 0.722 bits per heavy atom. The van der Waals surface area contributed by atoms with Gasteiger partial charge in [-0.1, -0.05) is 22.3 Å². The van der Waals surface area contributed by atoms with Gasteiger partial charge in [-0.15, -0.1) is 0 Å². The van der Waals surface area contributed by atoms with E-state index in [4.69, 9.17) is 0 Å². The van der Waals surface area contributed by atoms with E-state index in [0.717, 1.165) is 23.7 Å². The molecule has 0 spiro atoms. The van der Waals surface area contributed by atoms with Gasteiger partial charge in [0.25, 0.3) is 0 Å². The average molecular weight is 244 g/mol. The van der Waals surface area contributed by atoms with Gasteiger partial charge < -0.3 is 0 Å². The predicted octanol–water partition coefficient (Wildman–Crippen LogP) is 5.51. The first-order chi connectivity index (χ1) is 8.54. The Hall–Kier alpha value is -0.520. The van der Waals surface area contributed by atoms with Gasteiger partial charge in [-0.3, -0.25) is 0 Å². The maximum atomic E-state index is 2.37. The third kappa shape index (κ3) is 2.08. The van der Waals surface area contributed by atoms with E-state index in [9.17, 15) is 0 Å². The van der Waals surface area contributed by atoms with Gasteiger partial charge in [-0.05, 0) is 89.9 Å². The molecule has 0 bridgehead atoms. The van der Waals surface area contributed by atoms with Gasteiger partial charge >= 0.3 is 0 Å². The van der Waals surface area contributed by atoms with Crippen molar-refractivity contribution < 1.29 is 0 Å². The summed E-state index contributed by atoms with van der Waals surface area (Å²) < 4.78 is 0. The van der Waals surface area contributed by atoms with Crippen LogP contribution in [0.2, 0.25) is 0 Å². The molecule has 0 nitrogen and oxygen atoms in total. The second-order valence-electron chi connectivity index (χ2n) is 7.45. The molecule has 18 heavy (non-hydrogen) atoms. The molecule has 0 unspecified atom stereocenters. The molecule has 0 aromatic heterocycles. The molecule has 3 aliphatic carbocycles. The van der Waals surface area contributed by atoms with Crippen molar-refractivity contribution in [3.63, 3.8) is 0 Å². The molecule has 0 saturated heterocycles. The molecule has 0 amide bonds. The molecule has 3 aliphatic rings. The zero-order chi connectivity index (χ0) is 12.9. The monoisotopic (exact) mass is 244 g/mol. The number of fused-ring (bicyclic) bond motifs is 2. The Labute approximate surface area is 113 Å². The summed E-state index contributed by atoms with van der Waals surface area (Å²) in [5.74, 6) is 4.06. The Bertz CT molecular complexity index is 334. The lowest BCUT2D eigenvalue weighted by Gasteiger charge is -2.46. The molecule has 3 rings (SSSR count). The highest BCUT2D eigenvalue weighted by Crippen LogP contribution is 2.51. The van der Waals surface area contributed by atoms with Gasteiger partial charge in [0.05, 0.1) is 0 Å². The van der Waals surface area contributed by atoms with Crippen LogP contribution in [0.5, 0.6) is 0 Å². The van der Waals surface area contributed by atoms with E-state index in [1.165, 1.54) is 38.5 Å². The molecule has 0 aromatic carbocycles. The van der Waals surface area contributed by atoms with Crippen LogP contribution in [0, 0.1) is 23.7 Å². The molecular weight excluding hydrogens is 216 g/mol. The highest BCUT2D eigenvalue weighted by atomic mass is 14.4. The summed E-state index contributed by atoms with van der Waals surface area (Å²) in [7, 11) is 0. The Balaban J connectivity index is 1.77. The van der Waals surface area contributed by atoms with Gasteiger partial charge in [0, 0.05) is 0 Å². The van der Waals surface area contributed by atoms with E-state index in [1.54, 1.807) is 22.3 Å². The summed E-state index contributed by atoms with van der Waals surface area (Å²) in [6.45, 7) is 9.48. The first-order valence-corrected chi connectivity index (χ1v) is 7.85. The molecular formula is C18H28. The molecule has 0 aliphatic heterocycles. The SMILES string of the molecule is CC1=C(C)C[C@@H]2C[C@@H]3CC(C)=C(C)C[C@H]3C[C@H]2C1. The maximum Gasteiger partial charge on any atom is -0.0289 e. The van der Waals surface area contributed by atoms with Gasteiger partial charge in [0.2, 0.25) is 0 Å². The van der Waals surface area contributed by atoms with Crippen LogP contribution >= 0.6 is 0 Å². The number of rotatable bonds is 0. The topological polar surface area (TPSA) is 0 Å². The third-order valence-electron chi connectivity index (χ3n) is 6.27. The first-order valence-electron chi connectivity index (χ1n) is 7.85. The van der Waals surface area contributed by atoms with Crippen LogP contribution in [0.3, 0.4) is 0 Å². The van der Waals surface area contributed by atoms with Crippen LogP contribution in [0.4, 0.5) is 0 Å². The van der Waals surface area contributed by atoms with E-state index >= 15 is 0 Å². The van der Waals surface area contributed by atoms with Gasteiger partial charge in [-0.25, -0.2) is 0 Å². The van der Waals surface area contributed by atoms with Crippen LogP contribution in [-0.2, 0) is 0 Å². The van der Waals surface area contributed by atoms with Crippen LogP contribution in [0.25, 0.3) is 0 Å². The van der Waals surface area contributed by atoms with E-state index in [1.807, 2.05) is 0 Å². The highest BCUT2D eigenvalue weighted by Gasteiger charge is 2.40. The number of allylic oxidation sites excluding steroid dienone is 4. The second kappa shape index (κ2) is 4.54. The largest absolute Gasteiger partial charge is 0.0741 e. The van der Waals surface area contributed by atoms with Crippen molar-refractivity contribution in [3.05, 3.63) is 22.3 Å². The zero-order valence-electron chi connectivity index (χ0n) is 12.6. The average Bonchev–Trinajstić information content (AvgIpc) is 2.31. The fourth-order valence-corrected chi connectivity index (χ4v) is 4.82. The Morgan fingerprint density at radius 3 is 0.944 bits per heavy atom. The molecule has 4 atom stereocenters. The summed E-state index contributed by atoms with van der Waals surface area (Å²) in [6.07, 6.45) is 8.65. The summed E-state index contributed by atoms with van der Waals surface area (Å²) in [4.78, 5) is 0. The first kappa shape index (κ1) is 12.5. The number of hydrogen-bond donors (Lipinski definition) is 0. The molecule has 0 radical (unpaired) electrons. The minimum Gasteiger partial charge on any atom is -0.0741 e. The lowest BCUT2D eigenvalue weighted by molar-refractivity contribution is 0.0967. The smallest absolute Gasteiger partial charge is 0.0289 e. The van der Waals surface area contributed by atoms with Crippen molar-refractivity contribution in [1.82, 2.24) is 0 Å². The fraction of sp³-hybridized carbons (Fsp3) is 0.778. The molecule has 1 fully saturated rings. The highest BCUT2D eigenvalue weighted by molar-refractivity contribution is 5.20. The minimum atomic E-state index is 1.01. The van der Waals surface area contributed by atoms with Crippen LogP contribution in [-0.4, -0.2) is 0 Å². The molecule has 0 N–H and O–H groups in total. The van der Waals surface area contributed by atoms with Gasteiger partial charge in [0.1, 0.15) is 0 Å². The van der Waals surface area contributed by atoms with Crippen molar-refractivity contribution in [3.8, 4) is 0 Å². The van der Waals surface area contributed by atoms with E-state index < -0.39 is 0 Å². The van der Waals surface area contributed by atoms with Crippen molar-refractivity contribution in [2.75, 3.05) is 0 Å². The molecule has 0 aromatic rings. The third-order valence-corrected chi connectivity index (χ3v) is 6.27. The van der Waals surface area contributed by atoms with Crippen LogP contribution in [0.15, 0.2) is 22.3 Å². The van der Waals surface area contributed by atoms with Crippen molar-refractivity contribution in [1.29, 1.82) is 0 Å². The maximum absolute atomic E-state index is 2.37. The molecule has 1 saturated carbocycles. The van der Waals surface area contributed by atoms with E-state index in [-0.39, 0.29) is 0 Å². The predicted molar refractivity (Wildman–Crippen MR) is 78.4 cm³/mol. The Kier molecular flexibility index (Phi) is 3.16. The quantitative estimate of drug-likeness (QED) is 0.493. The molecule has 0 heterocycles. The zero-order valence-corrected chi connectivity index (χ0v) is 12.6. The Morgan fingerprint density at radius 1 is 0.500 bits per heavy atom. The van der Waals surface area contributed by atoms with E-state index in [0.29, 0.717) is 0 Å². The van der Waals surface area contributed by atoms with Crippen LogP contribution < -0.4 is 0 Å². The lowest BCUT2D eigenvalue weighted by Crippen LogP contribution is -2.36. The normalized spacial score (nSPS) is 40.7. The van der Waals surface area contributed by atoms with Gasteiger partial charge in [-0.2, -0.15) is 0 Å². The minimum absolute atomic E-state index is 1.01.